The van der Waals surface area contributed by atoms with E-state index in [1.54, 1.807) is 0 Å². The molecule has 0 saturated heterocycles. The molecule has 12 aromatic carbocycles. The van der Waals surface area contributed by atoms with Gasteiger partial charge in [0.25, 0.3) is 0 Å². The van der Waals surface area contributed by atoms with Crippen LogP contribution in [0.5, 0.6) is 0 Å². The summed E-state index contributed by atoms with van der Waals surface area (Å²) >= 11 is 0. The molecular weight excluding hydrogens is 2330 g/mol. The number of pyridine rings is 6. The Labute approximate surface area is 847 Å². The van der Waals surface area contributed by atoms with Gasteiger partial charge in [0.15, 0.2) is 0 Å². The van der Waals surface area contributed by atoms with Gasteiger partial charge in [0.1, 0.15) is 10.6 Å². The molecule has 10 nitrogen and oxygen atoms in total. The summed E-state index contributed by atoms with van der Waals surface area (Å²) in [4.78, 5) is 50.9. The van der Waals surface area contributed by atoms with Gasteiger partial charge in [-0.1, -0.05) is 257 Å². The average molecular weight is 2420 g/mol. The molecule has 0 N–H and O–H groups in total. The van der Waals surface area contributed by atoms with Gasteiger partial charge in [-0.05, 0) is 181 Å². The molecule has 24 aromatic rings. The SMILES string of the molecule is CC1(C)c2[c-]c(ccc2)-c2cccc([pH+]2)C(C)(C)c2cccc([pH+]2)-c2[c-]c1ccc2.[Pd+2].[Pt+2].[Pt+2].[Pt+2].[c-]1c2cccc1-c1cccc(n1)Cc1[c-]c(ccc1)-c1cccc(n1)C2.c1cc2nc(c1)c1cccc3c4cccc(c5cccc(n5)c5cccc6c7cccc2c7[n-]c56)c4[n-]c13.c1cc2nc(c1)c1ccccc1[n-]c1ccccc1c1cccc(n1)c1ccccc1[n-]c1ccccc21. The Hall–Kier alpha value is -13.2. The molecule has 2 aliphatic rings. The topological polar surface area (TPSA) is 134 Å². The first-order valence-electron chi connectivity index (χ1n) is 44.6. The summed E-state index contributed by atoms with van der Waals surface area (Å²) in [6.45, 7) is 9.34. The van der Waals surface area contributed by atoms with Gasteiger partial charge in [0.05, 0.1) is 76.5 Å². The van der Waals surface area contributed by atoms with Gasteiger partial charge in [-0.2, -0.15) is 0 Å². The second kappa shape index (κ2) is 39.2. The van der Waals surface area contributed by atoms with Crippen LogP contribution in [0.25, 0.3) is 197 Å². The van der Waals surface area contributed by atoms with Gasteiger partial charge in [0, 0.05) is 11.4 Å². The minimum Gasteiger partial charge on any atom is -0.657 e. The van der Waals surface area contributed by atoms with Crippen molar-refractivity contribution < 1.29 is 83.6 Å². The van der Waals surface area contributed by atoms with E-state index in [0.717, 1.165) is 211 Å². The number of nitrogens with zero attached hydrogens (tertiary/aromatic N) is 10. The van der Waals surface area contributed by atoms with Gasteiger partial charge < -0.3 is 29.9 Å². The van der Waals surface area contributed by atoms with Crippen LogP contribution in [0.3, 0.4) is 0 Å². The number of benzene rings is 12. The van der Waals surface area contributed by atoms with Crippen LogP contribution >= 0.6 is 16.4 Å². The third-order valence-corrected chi connectivity index (χ3v) is 29.1. The number of rotatable bonds is 0. The quantitative estimate of drug-likeness (QED) is 0.107. The first-order chi connectivity index (χ1) is 64.8. The van der Waals surface area contributed by atoms with E-state index >= 15 is 0 Å². The van der Waals surface area contributed by atoms with Crippen LogP contribution in [-0.2, 0) is 107 Å². The van der Waals surface area contributed by atoms with Crippen LogP contribution in [0.1, 0.15) is 71.9 Å². The molecule has 14 heterocycles. The van der Waals surface area contributed by atoms with E-state index in [1.807, 2.05) is 121 Å². The van der Waals surface area contributed by atoms with Gasteiger partial charge in [-0.3, -0.25) is 0 Å². The smallest absolute Gasteiger partial charge is 0.657 e. The van der Waals surface area contributed by atoms with Crippen LogP contribution in [0.2, 0.25) is 0 Å². The fourth-order valence-electron chi connectivity index (χ4n) is 18.6. The van der Waals surface area contributed by atoms with E-state index in [9.17, 15) is 0 Å². The first kappa shape index (κ1) is 91.9. The van der Waals surface area contributed by atoms with Crippen LogP contribution in [0.4, 0.5) is 0 Å². The summed E-state index contributed by atoms with van der Waals surface area (Å²) < 4.78 is 0. The van der Waals surface area contributed by atoms with Crippen molar-refractivity contribution in [2.45, 2.75) is 51.4 Å². The van der Waals surface area contributed by atoms with E-state index in [-0.39, 0.29) is 94.4 Å². The molecule has 0 fully saturated rings. The van der Waals surface area contributed by atoms with E-state index in [1.165, 1.54) is 43.4 Å². The molecule has 0 amide bonds. The predicted molar refractivity (Wildman–Crippen MR) is 551 cm³/mol. The van der Waals surface area contributed by atoms with Crippen LogP contribution in [0, 0.1) is 24.3 Å². The molecule has 0 spiro atoms. The predicted octanol–water partition coefficient (Wildman–Crippen LogP) is 29.4. The summed E-state index contributed by atoms with van der Waals surface area (Å²) in [5.74, 6) is 0. The molecule has 26 rings (SSSR count). The van der Waals surface area contributed by atoms with E-state index < -0.39 is 0 Å². The van der Waals surface area contributed by atoms with Gasteiger partial charge in [-0.15, -0.1) is 186 Å². The maximum atomic E-state index is 5.21. The van der Waals surface area contributed by atoms with Gasteiger partial charge >= 0.3 is 83.6 Å². The Morgan fingerprint density at radius 3 is 0.831 bits per heavy atom. The summed E-state index contributed by atoms with van der Waals surface area (Å²) in [6.07, 6.45) is 1.50. The van der Waals surface area contributed by atoms with Crippen LogP contribution < -0.4 is 19.9 Å². The molecule has 12 aromatic heterocycles. The monoisotopic (exact) mass is 2420 g/mol. The summed E-state index contributed by atoms with van der Waals surface area (Å²) in [5.41, 5.74) is 27.3. The molecule has 2 unspecified atom stereocenters. The van der Waals surface area contributed by atoms with Crippen molar-refractivity contribution in [3.8, 4) is 44.2 Å². The summed E-state index contributed by atoms with van der Waals surface area (Å²) in [7, 11) is 1.34. The van der Waals surface area contributed by atoms with Crippen LogP contribution in [0.15, 0.2) is 388 Å². The molecule has 16 heteroatoms. The Bertz CT molecular complexity index is 8010. The zero-order valence-electron chi connectivity index (χ0n) is 74.1. The summed E-state index contributed by atoms with van der Waals surface area (Å²) in [6, 6.07) is 149. The summed E-state index contributed by atoms with van der Waals surface area (Å²) in [5, 5.41) is 18.2. The molecule has 0 saturated carbocycles. The molecule has 0 aliphatic carbocycles. The van der Waals surface area contributed by atoms with Crippen molar-refractivity contribution in [3.05, 3.63) is 457 Å². The first-order valence-corrected chi connectivity index (χ1v) is 46.6. The fraction of sp³-hybridized carbons (Fsp3) is 0.0667. The van der Waals surface area contributed by atoms with Crippen molar-refractivity contribution in [2.24, 2.45) is 0 Å². The second-order valence-corrected chi connectivity index (χ2v) is 37.3. The van der Waals surface area contributed by atoms with E-state index in [2.05, 4.69) is 319 Å². The zero-order chi connectivity index (χ0) is 88.4. The van der Waals surface area contributed by atoms with Crippen LogP contribution in [-0.4, -0.2) is 29.9 Å². The zero-order valence-corrected chi connectivity index (χ0v) is 84.5. The molecule has 28 bridgehead atoms. The maximum Gasteiger partial charge on any atom is 2.00 e. The molecule has 2 atom stereocenters. The molecular formula is C120H82N10P2PdPt3+2. The van der Waals surface area contributed by atoms with Crippen molar-refractivity contribution in [3.63, 3.8) is 0 Å². The second-order valence-electron chi connectivity index (χ2n) is 34.7. The minimum atomic E-state index is -0.156. The largest absolute Gasteiger partial charge is 2.00 e. The molecule has 660 valence electrons. The minimum absolute atomic E-state index is 0. The van der Waals surface area contributed by atoms with Crippen molar-refractivity contribution in [1.29, 1.82) is 0 Å². The number of hydrogen-bond donors (Lipinski definition) is 0. The number of aromatic nitrogens is 10. The Kier molecular flexibility index (Phi) is 26.5. The average Bonchev–Trinajstić information content (AvgIpc) is 1.42. The third kappa shape index (κ3) is 17.9. The number of hydrogen-bond acceptors (Lipinski definition) is 6. The molecule has 0 radical (unpaired) electrons. The third-order valence-electron chi connectivity index (χ3n) is 25.5. The fourth-order valence-corrected chi connectivity index (χ4v) is 21.4. The Morgan fingerprint density at radius 1 is 0.228 bits per heavy atom. The Morgan fingerprint density at radius 2 is 0.493 bits per heavy atom. The van der Waals surface area contributed by atoms with Gasteiger partial charge in [0.2, 0.25) is 0 Å². The molecule has 136 heavy (non-hydrogen) atoms. The van der Waals surface area contributed by atoms with E-state index in [4.69, 9.17) is 49.8 Å². The number of fused-ring (bicyclic) bond motifs is 42. The van der Waals surface area contributed by atoms with Crippen molar-refractivity contribution in [1.82, 2.24) is 49.8 Å². The maximum absolute atomic E-state index is 5.21. The Balaban J connectivity index is 0.000000116. The van der Waals surface area contributed by atoms with Crippen molar-refractivity contribution >= 4 is 169 Å². The normalized spacial score (nSPS) is 12.5. The van der Waals surface area contributed by atoms with Crippen molar-refractivity contribution in [2.75, 3.05) is 0 Å². The number of para-hydroxylation sites is 8. The van der Waals surface area contributed by atoms with Gasteiger partial charge in [-0.25, -0.2) is 19.9 Å². The van der Waals surface area contributed by atoms with E-state index in [0.29, 0.717) is 16.4 Å². The molecule has 2 aliphatic heterocycles. The standard InChI is InChI=1S/C34H18N4.C34H22N4.C28H24P2.C24H16N2.Pd.3Pt/c1-7-19-20-8-2-12-24-29-17-6-18-30(36-29)26-14-4-10-22-21-9-3-13-25(33(21)38-34(22)26)28-16-5-15-27(35-28)23(11-1)31(19)37-32(20)24;1-5-15-27-23(11-1)31-19-9-20-32(37-31)25-13-3-7-17-29(25)36-30-18-8-4-14-26(30)34-22-10-21-33(38-34)24-12-2-6-16-28(24)35-27;1-27(2)21-11-5-9-19(17-21)23-13-7-15-25(29-23)28(3,4)26-16-8-14-24(30-26)20-10-6-12-22(27)18-20;1-5-17-13-19(7-1)23-11-3-10-22(25-23)16-18-6-2-8-20(14-18)24-12-4-9-21(15-17)26-24;;;;/h1-18H;1-22H;5-16H,1-4H3;1-12H,15-16H2;;;;/q4*-2;4*+2/p+2.